The number of aromatic nitrogens is 4. The fourth-order valence-corrected chi connectivity index (χ4v) is 3.06. The fourth-order valence-electron chi connectivity index (χ4n) is 2.35. The van der Waals surface area contributed by atoms with E-state index >= 15 is 0 Å². The lowest BCUT2D eigenvalue weighted by Crippen LogP contribution is -2.02. The Labute approximate surface area is 140 Å². The van der Waals surface area contributed by atoms with E-state index in [0.29, 0.717) is 5.95 Å². The van der Waals surface area contributed by atoms with Crippen LogP contribution in [0.2, 0.25) is 0 Å². The monoisotopic (exact) mass is 327 g/mol. The van der Waals surface area contributed by atoms with E-state index in [1.54, 1.807) is 11.8 Å². The molecule has 3 rings (SSSR count). The van der Waals surface area contributed by atoms with Gasteiger partial charge >= 0.3 is 0 Å². The van der Waals surface area contributed by atoms with Crippen molar-refractivity contribution < 1.29 is 0 Å². The Bertz CT molecular complexity index is 769. The van der Waals surface area contributed by atoms with E-state index in [-0.39, 0.29) is 0 Å². The minimum atomic E-state index is 0.623. The molecule has 6 heteroatoms. The molecule has 1 aromatic carbocycles. The normalized spacial score (nSPS) is 11.0. The van der Waals surface area contributed by atoms with Gasteiger partial charge in [0.15, 0.2) is 5.65 Å². The van der Waals surface area contributed by atoms with Crippen LogP contribution in [-0.4, -0.2) is 25.3 Å². The lowest BCUT2D eigenvalue weighted by atomic mass is 10.3. The van der Waals surface area contributed by atoms with Crippen molar-refractivity contribution in [2.45, 2.75) is 38.3 Å². The van der Waals surface area contributed by atoms with Gasteiger partial charge in [0.25, 0.3) is 0 Å². The average Bonchev–Trinajstić information content (AvgIpc) is 2.97. The van der Waals surface area contributed by atoms with Crippen LogP contribution in [0, 0.1) is 0 Å². The molecule has 0 bridgehead atoms. The van der Waals surface area contributed by atoms with Crippen molar-refractivity contribution in [1.82, 2.24) is 19.5 Å². The molecule has 0 aliphatic carbocycles. The van der Waals surface area contributed by atoms with Crippen LogP contribution in [-0.2, 0) is 6.54 Å². The second-order valence-corrected chi connectivity index (χ2v) is 6.49. The highest BCUT2D eigenvalue weighted by Gasteiger charge is 2.13. The van der Waals surface area contributed by atoms with Crippen LogP contribution in [0.5, 0.6) is 0 Å². The summed E-state index contributed by atoms with van der Waals surface area (Å²) >= 11 is 1.70. The molecule has 0 radical (unpaired) electrons. The Morgan fingerprint density at radius 2 is 1.96 bits per heavy atom. The summed E-state index contributed by atoms with van der Waals surface area (Å²) in [6, 6.07) is 10.00. The number of thioether (sulfide) groups is 1. The van der Waals surface area contributed by atoms with Gasteiger partial charge in [-0.05, 0) is 24.3 Å². The van der Waals surface area contributed by atoms with Crippen molar-refractivity contribution in [3.8, 4) is 0 Å². The molecule has 1 N–H and O–H groups in total. The first kappa shape index (κ1) is 15.8. The zero-order chi connectivity index (χ0) is 16.1. The maximum absolute atomic E-state index is 4.69. The summed E-state index contributed by atoms with van der Waals surface area (Å²) in [6.45, 7) is 5.25. The summed E-state index contributed by atoms with van der Waals surface area (Å²) in [5, 5.41) is 4.23. The summed E-state index contributed by atoms with van der Waals surface area (Å²) < 4.78 is 2.12. The Morgan fingerprint density at radius 1 is 1.13 bits per heavy atom. The van der Waals surface area contributed by atoms with Crippen molar-refractivity contribution in [1.29, 1.82) is 0 Å². The van der Waals surface area contributed by atoms with Crippen molar-refractivity contribution in [3.05, 3.63) is 36.7 Å². The summed E-state index contributed by atoms with van der Waals surface area (Å²) in [4.78, 5) is 13.9. The van der Waals surface area contributed by atoms with Gasteiger partial charge in [-0.25, -0.2) is 9.97 Å². The fraction of sp³-hybridized carbons (Fsp3) is 0.353. The maximum atomic E-state index is 4.69. The first-order valence-electron chi connectivity index (χ1n) is 7.99. The zero-order valence-electron chi connectivity index (χ0n) is 13.5. The second kappa shape index (κ2) is 7.46. The molecule has 0 fully saturated rings. The second-order valence-electron chi connectivity index (χ2n) is 5.24. The lowest BCUT2D eigenvalue weighted by molar-refractivity contribution is 0.641. The number of anilines is 2. The van der Waals surface area contributed by atoms with Crippen LogP contribution in [0.3, 0.4) is 0 Å². The summed E-state index contributed by atoms with van der Waals surface area (Å²) in [6.07, 6.45) is 4.14. The van der Waals surface area contributed by atoms with Crippen LogP contribution in [0.25, 0.3) is 11.2 Å². The van der Waals surface area contributed by atoms with Crippen molar-refractivity contribution >= 4 is 34.6 Å². The molecule has 0 spiro atoms. The number of nitrogens with zero attached hydrogens (tertiary/aromatic N) is 4. The van der Waals surface area contributed by atoms with Crippen LogP contribution < -0.4 is 5.32 Å². The van der Waals surface area contributed by atoms with Crippen molar-refractivity contribution in [2.24, 2.45) is 0 Å². The molecule has 0 aliphatic rings. The van der Waals surface area contributed by atoms with E-state index in [1.165, 1.54) is 0 Å². The van der Waals surface area contributed by atoms with Gasteiger partial charge in [-0.1, -0.05) is 38.5 Å². The molecular weight excluding hydrogens is 306 g/mol. The van der Waals surface area contributed by atoms with Gasteiger partial charge in [-0.15, -0.1) is 11.8 Å². The van der Waals surface area contributed by atoms with Crippen LogP contribution in [0.4, 0.5) is 11.6 Å². The number of fused-ring (bicyclic) bond motifs is 1. The van der Waals surface area contributed by atoms with E-state index in [2.05, 4.69) is 33.7 Å². The molecule has 2 aromatic heterocycles. The Kier molecular flexibility index (Phi) is 5.12. The first-order chi connectivity index (χ1) is 11.3. The van der Waals surface area contributed by atoms with Crippen LogP contribution >= 0.6 is 11.8 Å². The molecule has 0 atom stereocenters. The zero-order valence-corrected chi connectivity index (χ0v) is 14.3. The molecule has 23 heavy (non-hydrogen) atoms. The number of aryl methyl sites for hydroxylation is 1. The van der Waals surface area contributed by atoms with E-state index in [1.807, 2.05) is 36.7 Å². The van der Waals surface area contributed by atoms with E-state index in [0.717, 1.165) is 47.0 Å². The number of para-hydroxylation sites is 1. The highest BCUT2D eigenvalue weighted by molar-refractivity contribution is 7.99. The van der Waals surface area contributed by atoms with Gasteiger partial charge in [0.1, 0.15) is 10.5 Å². The Hall–Kier alpha value is -2.08. The highest BCUT2D eigenvalue weighted by atomic mass is 32.2. The molecule has 3 aromatic rings. The number of rotatable bonds is 7. The third-order valence-corrected chi connectivity index (χ3v) is 4.34. The number of imidazole rings is 1. The SMILES string of the molecule is CCCCn1cnc2c(SCC)nc(Nc3ccccc3)nc21. The maximum Gasteiger partial charge on any atom is 0.230 e. The van der Waals surface area contributed by atoms with E-state index in [4.69, 9.17) is 4.98 Å². The predicted molar refractivity (Wildman–Crippen MR) is 96.4 cm³/mol. The topological polar surface area (TPSA) is 55.6 Å². The minimum absolute atomic E-state index is 0.623. The van der Waals surface area contributed by atoms with Gasteiger partial charge in [0.05, 0.1) is 6.33 Å². The summed E-state index contributed by atoms with van der Waals surface area (Å²) in [7, 11) is 0. The van der Waals surface area contributed by atoms with E-state index < -0.39 is 0 Å². The van der Waals surface area contributed by atoms with Gasteiger partial charge in [-0.2, -0.15) is 4.98 Å². The van der Waals surface area contributed by atoms with Gasteiger partial charge in [0.2, 0.25) is 5.95 Å². The predicted octanol–water partition coefficient (Wildman–Crippen LogP) is 4.48. The third kappa shape index (κ3) is 3.64. The van der Waals surface area contributed by atoms with Gasteiger partial charge in [-0.3, -0.25) is 0 Å². The molecule has 0 saturated heterocycles. The molecule has 0 unspecified atom stereocenters. The number of hydrogen-bond acceptors (Lipinski definition) is 5. The van der Waals surface area contributed by atoms with Crippen LogP contribution in [0.1, 0.15) is 26.7 Å². The Morgan fingerprint density at radius 3 is 2.70 bits per heavy atom. The molecular formula is C17H21N5S. The van der Waals surface area contributed by atoms with Crippen LogP contribution in [0.15, 0.2) is 41.7 Å². The number of unbranched alkanes of at least 4 members (excludes halogenated alkanes) is 1. The largest absolute Gasteiger partial charge is 0.324 e. The number of hydrogen-bond donors (Lipinski definition) is 1. The standard InChI is InChI=1S/C17H21N5S/c1-3-5-11-22-12-18-14-15(22)20-17(21-16(14)23-4-2)19-13-9-7-6-8-10-13/h6-10,12H,3-5,11H2,1-2H3,(H,19,20,21). The van der Waals surface area contributed by atoms with E-state index in [9.17, 15) is 0 Å². The Balaban J connectivity index is 2.00. The first-order valence-corrected chi connectivity index (χ1v) is 8.98. The van der Waals surface area contributed by atoms with Gasteiger partial charge in [0, 0.05) is 12.2 Å². The summed E-state index contributed by atoms with van der Waals surface area (Å²) in [5.41, 5.74) is 2.79. The van der Waals surface area contributed by atoms with Crippen molar-refractivity contribution in [3.63, 3.8) is 0 Å². The molecule has 0 saturated carbocycles. The average molecular weight is 327 g/mol. The third-order valence-electron chi connectivity index (χ3n) is 3.50. The quantitative estimate of drug-likeness (QED) is 0.512. The molecule has 0 amide bonds. The number of nitrogens with one attached hydrogen (secondary N) is 1. The molecule has 0 aliphatic heterocycles. The molecule has 2 heterocycles. The molecule has 5 nitrogen and oxygen atoms in total. The van der Waals surface area contributed by atoms with Gasteiger partial charge < -0.3 is 9.88 Å². The lowest BCUT2D eigenvalue weighted by Gasteiger charge is -2.08. The smallest absolute Gasteiger partial charge is 0.230 e. The summed E-state index contributed by atoms with van der Waals surface area (Å²) in [5.74, 6) is 1.58. The highest BCUT2D eigenvalue weighted by Crippen LogP contribution is 2.26. The van der Waals surface area contributed by atoms with Crippen molar-refractivity contribution in [2.75, 3.05) is 11.1 Å². The molecule has 120 valence electrons. The minimum Gasteiger partial charge on any atom is -0.324 e. The number of benzene rings is 1.